The minimum absolute atomic E-state index is 0.133. The molecular formula is C16H12Cl2FNO. The monoisotopic (exact) mass is 323 g/mol. The SMILES string of the molecule is CC1(Cc2ccc(F)cc2)C(=O)Nc2cc(Cl)cc(Cl)c21. The molecule has 0 saturated heterocycles. The van der Waals surface area contributed by atoms with Gasteiger partial charge in [-0.25, -0.2) is 4.39 Å². The molecule has 1 aliphatic rings. The molecule has 3 rings (SSSR count). The van der Waals surface area contributed by atoms with Gasteiger partial charge in [-0.2, -0.15) is 0 Å². The third-order valence-electron chi connectivity index (χ3n) is 3.83. The Balaban J connectivity index is 2.06. The number of rotatable bonds is 2. The van der Waals surface area contributed by atoms with Crippen LogP contribution in [0.1, 0.15) is 18.1 Å². The van der Waals surface area contributed by atoms with Crippen LogP contribution >= 0.6 is 23.2 Å². The predicted molar refractivity (Wildman–Crippen MR) is 82.5 cm³/mol. The first-order valence-corrected chi connectivity index (χ1v) is 7.21. The van der Waals surface area contributed by atoms with E-state index < -0.39 is 5.41 Å². The van der Waals surface area contributed by atoms with E-state index >= 15 is 0 Å². The van der Waals surface area contributed by atoms with Crippen LogP contribution in [0.15, 0.2) is 36.4 Å². The quantitative estimate of drug-likeness (QED) is 0.860. The summed E-state index contributed by atoms with van der Waals surface area (Å²) in [5.41, 5.74) is 1.45. The van der Waals surface area contributed by atoms with Crippen LogP contribution < -0.4 is 5.32 Å². The highest BCUT2D eigenvalue weighted by Crippen LogP contribution is 2.45. The second kappa shape index (κ2) is 5.00. The van der Waals surface area contributed by atoms with Crippen LogP contribution in [0.4, 0.5) is 10.1 Å². The molecule has 2 nitrogen and oxygen atoms in total. The van der Waals surface area contributed by atoms with Crippen molar-refractivity contribution in [1.29, 1.82) is 0 Å². The molecular weight excluding hydrogens is 312 g/mol. The summed E-state index contributed by atoms with van der Waals surface area (Å²) < 4.78 is 13.0. The maximum absolute atomic E-state index is 13.0. The summed E-state index contributed by atoms with van der Waals surface area (Å²) in [5.74, 6) is -0.434. The van der Waals surface area contributed by atoms with E-state index in [0.717, 1.165) is 11.1 Å². The normalized spacial score (nSPS) is 20.3. The van der Waals surface area contributed by atoms with Crippen molar-refractivity contribution in [2.24, 2.45) is 0 Å². The van der Waals surface area contributed by atoms with Crippen molar-refractivity contribution in [3.8, 4) is 0 Å². The zero-order chi connectivity index (χ0) is 15.2. The van der Waals surface area contributed by atoms with Gasteiger partial charge in [0.05, 0.1) is 5.41 Å². The molecule has 1 atom stereocenters. The van der Waals surface area contributed by atoms with Gasteiger partial charge < -0.3 is 5.32 Å². The van der Waals surface area contributed by atoms with Crippen LogP contribution in [0, 0.1) is 5.82 Å². The highest BCUT2D eigenvalue weighted by atomic mass is 35.5. The van der Waals surface area contributed by atoms with Crippen LogP contribution in [0.5, 0.6) is 0 Å². The molecule has 5 heteroatoms. The van der Waals surface area contributed by atoms with Gasteiger partial charge in [-0.05, 0) is 43.2 Å². The molecule has 0 radical (unpaired) electrons. The van der Waals surface area contributed by atoms with Gasteiger partial charge in [-0.15, -0.1) is 0 Å². The lowest BCUT2D eigenvalue weighted by atomic mass is 9.78. The van der Waals surface area contributed by atoms with Crippen LogP contribution in [-0.4, -0.2) is 5.91 Å². The van der Waals surface area contributed by atoms with Gasteiger partial charge in [-0.1, -0.05) is 35.3 Å². The molecule has 0 saturated carbocycles. The second-order valence-corrected chi connectivity index (χ2v) is 6.24. The predicted octanol–water partition coefficient (Wildman–Crippen LogP) is 4.59. The number of carbonyl (C=O) groups is 1. The minimum Gasteiger partial charge on any atom is -0.325 e. The van der Waals surface area contributed by atoms with E-state index in [1.54, 1.807) is 24.3 Å². The molecule has 2 aromatic carbocycles. The molecule has 21 heavy (non-hydrogen) atoms. The Labute approximate surface area is 131 Å². The topological polar surface area (TPSA) is 29.1 Å². The number of halogens is 3. The average Bonchev–Trinajstić information content (AvgIpc) is 2.64. The molecule has 1 N–H and O–H groups in total. The minimum atomic E-state index is -0.797. The van der Waals surface area contributed by atoms with Crippen LogP contribution in [0.25, 0.3) is 0 Å². The summed E-state index contributed by atoms with van der Waals surface area (Å²) in [6.07, 6.45) is 0.438. The second-order valence-electron chi connectivity index (χ2n) is 5.40. The first-order chi connectivity index (χ1) is 9.90. The van der Waals surface area contributed by atoms with Crippen LogP contribution in [0.3, 0.4) is 0 Å². The third kappa shape index (κ3) is 2.41. The lowest BCUT2D eigenvalue weighted by molar-refractivity contribution is -0.120. The third-order valence-corrected chi connectivity index (χ3v) is 4.34. The largest absolute Gasteiger partial charge is 0.325 e. The molecule has 1 aliphatic heterocycles. The van der Waals surface area contributed by atoms with Gasteiger partial charge in [0.2, 0.25) is 5.91 Å². The molecule has 1 amide bonds. The number of nitrogens with one attached hydrogen (secondary N) is 1. The summed E-state index contributed by atoms with van der Waals surface area (Å²) >= 11 is 12.2. The summed E-state index contributed by atoms with van der Waals surface area (Å²) in [5, 5.41) is 3.76. The lowest BCUT2D eigenvalue weighted by Crippen LogP contribution is -2.33. The number of hydrogen-bond acceptors (Lipinski definition) is 1. The summed E-state index contributed by atoms with van der Waals surface area (Å²) in [6, 6.07) is 9.44. The van der Waals surface area contributed by atoms with Crippen molar-refractivity contribution in [3.05, 3.63) is 63.4 Å². The fourth-order valence-corrected chi connectivity index (χ4v) is 3.49. The highest BCUT2D eigenvalue weighted by molar-refractivity contribution is 6.36. The Hall–Kier alpha value is -1.58. The number of benzene rings is 2. The molecule has 1 heterocycles. The van der Waals surface area contributed by atoms with Gasteiger partial charge in [0.25, 0.3) is 0 Å². The molecule has 0 spiro atoms. The molecule has 0 fully saturated rings. The van der Waals surface area contributed by atoms with Gasteiger partial charge in [0.15, 0.2) is 0 Å². The number of hydrogen-bond donors (Lipinski definition) is 1. The number of amides is 1. The summed E-state index contributed by atoms with van der Waals surface area (Å²) in [6.45, 7) is 1.83. The standard InChI is InChI=1S/C16H12Cl2FNO/c1-16(8-9-2-4-11(19)5-3-9)14-12(18)6-10(17)7-13(14)20-15(16)21/h2-7H,8H2,1H3,(H,20,21). The Morgan fingerprint density at radius 3 is 2.52 bits per heavy atom. The Kier molecular flexibility index (Phi) is 3.42. The van der Waals surface area contributed by atoms with E-state index in [2.05, 4.69) is 5.32 Å². The fraction of sp³-hybridized carbons (Fsp3) is 0.188. The Morgan fingerprint density at radius 2 is 1.86 bits per heavy atom. The van der Waals surface area contributed by atoms with Crippen molar-refractivity contribution < 1.29 is 9.18 Å². The molecule has 1 unspecified atom stereocenters. The number of carbonyl (C=O) groups excluding carboxylic acids is 1. The summed E-state index contributed by atoms with van der Waals surface area (Å²) in [4.78, 5) is 12.4. The van der Waals surface area contributed by atoms with Gasteiger partial charge in [0.1, 0.15) is 5.82 Å². The average molecular weight is 324 g/mol. The fourth-order valence-electron chi connectivity index (χ4n) is 2.79. The van der Waals surface area contributed by atoms with E-state index in [1.165, 1.54) is 12.1 Å². The molecule has 0 aromatic heterocycles. The van der Waals surface area contributed by atoms with Crippen molar-refractivity contribution in [3.63, 3.8) is 0 Å². The van der Waals surface area contributed by atoms with E-state index in [1.807, 2.05) is 6.92 Å². The van der Waals surface area contributed by atoms with E-state index in [9.17, 15) is 9.18 Å². The zero-order valence-corrected chi connectivity index (χ0v) is 12.7. The Morgan fingerprint density at radius 1 is 1.19 bits per heavy atom. The first kappa shape index (κ1) is 14.4. The van der Waals surface area contributed by atoms with Crippen molar-refractivity contribution >= 4 is 34.8 Å². The van der Waals surface area contributed by atoms with Gasteiger partial charge >= 0.3 is 0 Å². The smallest absolute Gasteiger partial charge is 0.235 e. The van der Waals surface area contributed by atoms with Crippen molar-refractivity contribution in [1.82, 2.24) is 0 Å². The van der Waals surface area contributed by atoms with E-state index in [4.69, 9.17) is 23.2 Å². The van der Waals surface area contributed by atoms with Crippen molar-refractivity contribution in [2.45, 2.75) is 18.8 Å². The lowest BCUT2D eigenvalue weighted by Gasteiger charge is -2.23. The van der Waals surface area contributed by atoms with Gasteiger partial charge in [0, 0.05) is 21.3 Å². The maximum atomic E-state index is 13.0. The highest BCUT2D eigenvalue weighted by Gasteiger charge is 2.44. The number of fused-ring (bicyclic) bond motifs is 1. The van der Waals surface area contributed by atoms with Crippen LogP contribution in [-0.2, 0) is 16.6 Å². The van der Waals surface area contributed by atoms with E-state index in [0.29, 0.717) is 22.2 Å². The van der Waals surface area contributed by atoms with E-state index in [-0.39, 0.29) is 11.7 Å². The van der Waals surface area contributed by atoms with Crippen molar-refractivity contribution in [2.75, 3.05) is 5.32 Å². The van der Waals surface area contributed by atoms with Crippen LogP contribution in [0.2, 0.25) is 10.0 Å². The summed E-state index contributed by atoms with van der Waals surface area (Å²) in [7, 11) is 0. The molecule has 0 bridgehead atoms. The first-order valence-electron chi connectivity index (χ1n) is 6.45. The zero-order valence-electron chi connectivity index (χ0n) is 11.2. The molecule has 108 valence electrons. The number of anilines is 1. The maximum Gasteiger partial charge on any atom is 0.235 e. The molecule has 0 aliphatic carbocycles. The van der Waals surface area contributed by atoms with Gasteiger partial charge in [-0.3, -0.25) is 4.79 Å². The Bertz CT molecular complexity index is 730. The molecule has 2 aromatic rings.